The normalized spacial score (nSPS) is 16.0. The van der Waals surface area contributed by atoms with Gasteiger partial charge in [0.25, 0.3) is 11.8 Å². The molecule has 0 aliphatic carbocycles. The number of hydrogen-bond donors (Lipinski definition) is 0. The van der Waals surface area contributed by atoms with Gasteiger partial charge < -0.3 is 4.90 Å². The van der Waals surface area contributed by atoms with E-state index in [1.54, 1.807) is 0 Å². The van der Waals surface area contributed by atoms with Crippen LogP contribution >= 0.6 is 0 Å². The zero-order chi connectivity index (χ0) is 23.3. The first-order chi connectivity index (χ1) is 15.9. The van der Waals surface area contributed by atoms with Crippen molar-refractivity contribution >= 4 is 28.8 Å². The molecule has 0 radical (unpaired) electrons. The quantitative estimate of drug-likeness (QED) is 0.498. The smallest absolute Gasteiger partial charge is 0.282 e. The van der Waals surface area contributed by atoms with Crippen molar-refractivity contribution in [1.82, 2.24) is 0 Å². The van der Waals surface area contributed by atoms with Gasteiger partial charge in [-0.05, 0) is 80.5 Å². The Morgan fingerprint density at radius 3 is 2.30 bits per heavy atom. The molecule has 0 spiro atoms. The maximum Gasteiger partial charge on any atom is 0.282 e. The molecule has 0 atom stereocenters. The van der Waals surface area contributed by atoms with E-state index >= 15 is 0 Å². The Bertz CT molecular complexity index is 1340. The van der Waals surface area contributed by atoms with Crippen LogP contribution in [0.25, 0.3) is 5.57 Å². The number of aryl methyl sites for hydroxylation is 4. The standard InChI is InChI=1S/C29H28N2O2/c1-18-14-15-23(20(3)17-18)26-27(30-16-8-11-22-10-5-6-12-25(22)30)29(33)31(28(26)32)24-13-7-9-19(2)21(24)4/h5-7,9-10,12-15,17H,8,11,16H2,1-4H3. The van der Waals surface area contributed by atoms with Crippen molar-refractivity contribution in [1.29, 1.82) is 0 Å². The van der Waals surface area contributed by atoms with Gasteiger partial charge in [0.05, 0.1) is 11.3 Å². The van der Waals surface area contributed by atoms with Gasteiger partial charge in [0.1, 0.15) is 5.70 Å². The number of benzene rings is 3. The molecule has 5 rings (SSSR count). The molecule has 0 fully saturated rings. The maximum atomic E-state index is 14.1. The van der Waals surface area contributed by atoms with Crippen LogP contribution in [0.5, 0.6) is 0 Å². The summed E-state index contributed by atoms with van der Waals surface area (Å²) in [4.78, 5) is 31.5. The van der Waals surface area contributed by atoms with E-state index in [4.69, 9.17) is 0 Å². The van der Waals surface area contributed by atoms with Gasteiger partial charge in [0.15, 0.2) is 0 Å². The Hall–Kier alpha value is -3.66. The van der Waals surface area contributed by atoms with Gasteiger partial charge in [0, 0.05) is 12.2 Å². The second-order valence-electron chi connectivity index (χ2n) is 9.09. The van der Waals surface area contributed by atoms with Crippen LogP contribution in [0, 0.1) is 27.7 Å². The molecule has 2 heterocycles. The highest BCUT2D eigenvalue weighted by Crippen LogP contribution is 2.41. The van der Waals surface area contributed by atoms with Crippen molar-refractivity contribution in [2.24, 2.45) is 0 Å². The lowest BCUT2D eigenvalue weighted by atomic mass is 9.95. The number of nitrogens with zero attached hydrogens (tertiary/aromatic N) is 2. The summed E-state index contributed by atoms with van der Waals surface area (Å²) in [5, 5.41) is 0. The molecule has 3 aromatic rings. The SMILES string of the molecule is Cc1ccc(C2=C(N3CCCc4ccccc43)C(=O)N(c3cccc(C)c3C)C2=O)c(C)c1. The van der Waals surface area contributed by atoms with Crippen molar-refractivity contribution in [3.05, 3.63) is 99.7 Å². The molecule has 2 amide bonds. The molecular formula is C29H28N2O2. The zero-order valence-corrected chi connectivity index (χ0v) is 19.6. The van der Waals surface area contributed by atoms with E-state index in [9.17, 15) is 9.59 Å². The topological polar surface area (TPSA) is 40.6 Å². The summed E-state index contributed by atoms with van der Waals surface area (Å²) in [6, 6.07) is 20.0. The third kappa shape index (κ3) is 3.37. The van der Waals surface area contributed by atoms with Crippen LogP contribution in [0.15, 0.2) is 66.4 Å². The number of anilines is 2. The van der Waals surface area contributed by atoms with Crippen molar-refractivity contribution in [3.8, 4) is 0 Å². The minimum Gasteiger partial charge on any atom is -0.336 e. The number of rotatable bonds is 3. The molecule has 4 heteroatoms. The number of imide groups is 1. The van der Waals surface area contributed by atoms with Crippen LogP contribution in [0.3, 0.4) is 0 Å². The zero-order valence-electron chi connectivity index (χ0n) is 19.6. The highest BCUT2D eigenvalue weighted by atomic mass is 16.2. The van der Waals surface area contributed by atoms with Crippen LogP contribution in [0.1, 0.15) is 39.8 Å². The number of carbonyl (C=O) groups is 2. The number of fused-ring (bicyclic) bond motifs is 1. The molecule has 0 N–H and O–H groups in total. The van der Waals surface area contributed by atoms with Crippen LogP contribution < -0.4 is 9.80 Å². The summed E-state index contributed by atoms with van der Waals surface area (Å²) in [5.41, 5.74) is 8.82. The third-order valence-electron chi connectivity index (χ3n) is 6.91. The van der Waals surface area contributed by atoms with E-state index in [1.807, 2.05) is 70.2 Å². The fourth-order valence-electron chi connectivity index (χ4n) is 5.07. The average Bonchev–Trinajstić information content (AvgIpc) is 3.05. The fourth-order valence-corrected chi connectivity index (χ4v) is 5.07. The molecule has 3 aromatic carbocycles. The van der Waals surface area contributed by atoms with Gasteiger partial charge in [-0.2, -0.15) is 0 Å². The first-order valence-corrected chi connectivity index (χ1v) is 11.5. The third-order valence-corrected chi connectivity index (χ3v) is 6.91. The Balaban J connectivity index is 1.75. The largest absolute Gasteiger partial charge is 0.336 e. The predicted molar refractivity (Wildman–Crippen MR) is 133 cm³/mol. The van der Waals surface area contributed by atoms with Gasteiger partial charge in [-0.1, -0.05) is 54.1 Å². The molecule has 0 unspecified atom stereocenters. The molecule has 0 bridgehead atoms. The molecular weight excluding hydrogens is 408 g/mol. The summed E-state index contributed by atoms with van der Waals surface area (Å²) in [7, 11) is 0. The number of amides is 2. The van der Waals surface area contributed by atoms with E-state index in [-0.39, 0.29) is 11.8 Å². The number of hydrogen-bond acceptors (Lipinski definition) is 3. The van der Waals surface area contributed by atoms with E-state index in [2.05, 4.69) is 23.1 Å². The highest BCUT2D eigenvalue weighted by Gasteiger charge is 2.44. The molecule has 4 nitrogen and oxygen atoms in total. The molecule has 0 saturated carbocycles. The average molecular weight is 437 g/mol. The van der Waals surface area contributed by atoms with Crippen molar-refractivity contribution in [2.75, 3.05) is 16.3 Å². The molecule has 0 saturated heterocycles. The lowest BCUT2D eigenvalue weighted by Crippen LogP contribution is -2.37. The van der Waals surface area contributed by atoms with E-state index in [0.29, 0.717) is 23.5 Å². The molecule has 0 aromatic heterocycles. The summed E-state index contributed by atoms with van der Waals surface area (Å²) >= 11 is 0. The lowest BCUT2D eigenvalue weighted by Gasteiger charge is -2.32. The molecule has 33 heavy (non-hydrogen) atoms. The maximum absolute atomic E-state index is 14.1. The summed E-state index contributed by atoms with van der Waals surface area (Å²) in [6.07, 6.45) is 1.91. The highest BCUT2D eigenvalue weighted by molar-refractivity contribution is 6.46. The first-order valence-electron chi connectivity index (χ1n) is 11.5. The van der Waals surface area contributed by atoms with Crippen molar-refractivity contribution < 1.29 is 9.59 Å². The van der Waals surface area contributed by atoms with Gasteiger partial charge >= 0.3 is 0 Å². The Kier molecular flexibility index (Phi) is 5.16. The second-order valence-corrected chi connectivity index (χ2v) is 9.09. The molecule has 2 aliphatic heterocycles. The summed E-state index contributed by atoms with van der Waals surface area (Å²) in [5.74, 6) is -0.501. The van der Waals surface area contributed by atoms with Gasteiger partial charge in [-0.15, -0.1) is 0 Å². The summed E-state index contributed by atoms with van der Waals surface area (Å²) < 4.78 is 0. The van der Waals surface area contributed by atoms with Crippen LogP contribution in [-0.2, 0) is 16.0 Å². The fraction of sp³-hybridized carbons (Fsp3) is 0.241. The van der Waals surface area contributed by atoms with Gasteiger partial charge in [-0.25, -0.2) is 4.90 Å². The molecule has 2 aliphatic rings. The Labute approximate surface area is 195 Å². The Morgan fingerprint density at radius 1 is 0.758 bits per heavy atom. The van der Waals surface area contributed by atoms with Crippen molar-refractivity contribution in [2.45, 2.75) is 40.5 Å². The van der Waals surface area contributed by atoms with Gasteiger partial charge in [-0.3, -0.25) is 9.59 Å². The molecule has 166 valence electrons. The van der Waals surface area contributed by atoms with E-state index < -0.39 is 0 Å². The van der Waals surface area contributed by atoms with Crippen LogP contribution in [0.4, 0.5) is 11.4 Å². The first kappa shape index (κ1) is 21.2. The van der Waals surface area contributed by atoms with E-state index in [0.717, 1.165) is 46.3 Å². The monoisotopic (exact) mass is 436 g/mol. The number of carbonyl (C=O) groups excluding carboxylic acids is 2. The summed E-state index contributed by atoms with van der Waals surface area (Å²) in [6.45, 7) is 8.73. The van der Waals surface area contributed by atoms with Crippen LogP contribution in [-0.4, -0.2) is 18.4 Å². The second kappa shape index (κ2) is 8.04. The predicted octanol–water partition coefficient (Wildman–Crippen LogP) is 5.66. The van der Waals surface area contributed by atoms with E-state index in [1.165, 1.54) is 10.5 Å². The Morgan fingerprint density at radius 2 is 1.52 bits per heavy atom. The van der Waals surface area contributed by atoms with Gasteiger partial charge in [0.2, 0.25) is 0 Å². The minimum atomic E-state index is -0.251. The lowest BCUT2D eigenvalue weighted by molar-refractivity contribution is -0.120. The van der Waals surface area contributed by atoms with Crippen LogP contribution in [0.2, 0.25) is 0 Å². The minimum absolute atomic E-state index is 0.250. The van der Waals surface area contributed by atoms with Crippen molar-refractivity contribution in [3.63, 3.8) is 0 Å². The number of para-hydroxylation sites is 1.